The molecule has 4 rings (SSSR count). The van der Waals surface area contributed by atoms with E-state index >= 15 is 0 Å². The van der Waals surface area contributed by atoms with Gasteiger partial charge in [0.15, 0.2) is 0 Å². The van der Waals surface area contributed by atoms with Gasteiger partial charge in [-0.25, -0.2) is 9.97 Å². The van der Waals surface area contributed by atoms with Gasteiger partial charge in [0.25, 0.3) is 0 Å². The zero-order chi connectivity index (χ0) is 15.9. The summed E-state index contributed by atoms with van der Waals surface area (Å²) >= 11 is 0. The standard InChI is InChI=1S/C17H23N3O3/c1-2-3-15-18-8-13-14(19-15)9-23-17(13)10-20(11-17)16(21)12-4-6-22-7-5-12/h8,12H,2-7,9-11H2,1H3. The van der Waals surface area contributed by atoms with E-state index in [-0.39, 0.29) is 17.4 Å². The Morgan fingerprint density at radius 2 is 2.17 bits per heavy atom. The van der Waals surface area contributed by atoms with Crippen LogP contribution >= 0.6 is 0 Å². The van der Waals surface area contributed by atoms with Crippen molar-refractivity contribution in [3.05, 3.63) is 23.3 Å². The number of nitrogens with zero attached hydrogens (tertiary/aromatic N) is 3. The zero-order valence-electron chi connectivity index (χ0n) is 13.6. The van der Waals surface area contributed by atoms with Crippen molar-refractivity contribution in [3.63, 3.8) is 0 Å². The van der Waals surface area contributed by atoms with E-state index in [9.17, 15) is 4.79 Å². The number of carbonyl (C=O) groups excluding carboxylic acids is 1. The Kier molecular flexibility index (Phi) is 3.81. The van der Waals surface area contributed by atoms with Crippen LogP contribution in [0.25, 0.3) is 0 Å². The third-order valence-corrected chi connectivity index (χ3v) is 5.14. The first kappa shape index (κ1) is 15.0. The van der Waals surface area contributed by atoms with Crippen LogP contribution in [0.3, 0.4) is 0 Å². The van der Waals surface area contributed by atoms with Gasteiger partial charge in [-0.05, 0) is 19.3 Å². The number of ether oxygens (including phenoxy) is 2. The summed E-state index contributed by atoms with van der Waals surface area (Å²) in [6.07, 6.45) is 5.52. The molecule has 0 aliphatic carbocycles. The zero-order valence-corrected chi connectivity index (χ0v) is 13.6. The number of hydrogen-bond donors (Lipinski definition) is 0. The Hall–Kier alpha value is -1.53. The summed E-state index contributed by atoms with van der Waals surface area (Å²) < 4.78 is 11.4. The number of aryl methyl sites for hydroxylation is 1. The lowest BCUT2D eigenvalue weighted by molar-refractivity contribution is -0.174. The summed E-state index contributed by atoms with van der Waals surface area (Å²) in [7, 11) is 0. The molecule has 6 heteroatoms. The maximum atomic E-state index is 12.6. The second-order valence-electron chi connectivity index (χ2n) is 6.76. The first-order valence-corrected chi connectivity index (χ1v) is 8.57. The normalized spacial score (nSPS) is 22.9. The summed E-state index contributed by atoms with van der Waals surface area (Å²) in [5, 5.41) is 0. The fourth-order valence-electron chi connectivity index (χ4n) is 3.77. The highest BCUT2D eigenvalue weighted by Crippen LogP contribution is 2.43. The highest BCUT2D eigenvalue weighted by atomic mass is 16.5. The van der Waals surface area contributed by atoms with Gasteiger partial charge in [0.05, 0.1) is 25.4 Å². The van der Waals surface area contributed by atoms with E-state index in [1.165, 1.54) is 0 Å². The molecule has 0 N–H and O–H groups in total. The number of carbonyl (C=O) groups is 1. The van der Waals surface area contributed by atoms with E-state index in [0.29, 0.717) is 32.9 Å². The van der Waals surface area contributed by atoms with Crippen LogP contribution in [0, 0.1) is 5.92 Å². The van der Waals surface area contributed by atoms with Gasteiger partial charge in [0.2, 0.25) is 5.91 Å². The molecule has 6 nitrogen and oxygen atoms in total. The predicted octanol–water partition coefficient (Wildman–Crippen LogP) is 1.42. The van der Waals surface area contributed by atoms with Crippen molar-refractivity contribution in [1.82, 2.24) is 14.9 Å². The number of rotatable bonds is 3. The van der Waals surface area contributed by atoms with Gasteiger partial charge in [0.1, 0.15) is 11.4 Å². The smallest absolute Gasteiger partial charge is 0.226 e. The topological polar surface area (TPSA) is 64.6 Å². The molecule has 0 saturated carbocycles. The van der Waals surface area contributed by atoms with Crippen LogP contribution in [-0.2, 0) is 32.9 Å². The van der Waals surface area contributed by atoms with Crippen LogP contribution in [0.1, 0.15) is 43.3 Å². The predicted molar refractivity (Wildman–Crippen MR) is 82.6 cm³/mol. The molecule has 2 fully saturated rings. The molecular weight excluding hydrogens is 294 g/mol. The van der Waals surface area contributed by atoms with E-state index in [1.807, 2.05) is 11.1 Å². The van der Waals surface area contributed by atoms with Gasteiger partial charge in [0, 0.05) is 37.3 Å². The van der Waals surface area contributed by atoms with E-state index in [4.69, 9.17) is 9.47 Å². The van der Waals surface area contributed by atoms with Crippen LogP contribution in [0.4, 0.5) is 0 Å². The molecule has 1 amide bonds. The highest BCUT2D eigenvalue weighted by molar-refractivity contribution is 5.80. The van der Waals surface area contributed by atoms with Crippen LogP contribution in [0.5, 0.6) is 0 Å². The molecule has 2 saturated heterocycles. The quantitative estimate of drug-likeness (QED) is 0.844. The van der Waals surface area contributed by atoms with Crippen molar-refractivity contribution in [3.8, 4) is 0 Å². The lowest BCUT2D eigenvalue weighted by Crippen LogP contribution is -2.62. The van der Waals surface area contributed by atoms with Gasteiger partial charge < -0.3 is 14.4 Å². The summed E-state index contributed by atoms with van der Waals surface area (Å²) in [5.41, 5.74) is 1.72. The summed E-state index contributed by atoms with van der Waals surface area (Å²) in [5.74, 6) is 1.26. The van der Waals surface area contributed by atoms with Crippen molar-refractivity contribution in [2.75, 3.05) is 26.3 Å². The van der Waals surface area contributed by atoms with Crippen molar-refractivity contribution >= 4 is 5.91 Å². The highest BCUT2D eigenvalue weighted by Gasteiger charge is 2.53. The van der Waals surface area contributed by atoms with Gasteiger partial charge in [-0.3, -0.25) is 4.79 Å². The Balaban J connectivity index is 1.44. The molecule has 1 aromatic heterocycles. The first-order chi connectivity index (χ1) is 11.2. The van der Waals surface area contributed by atoms with Crippen molar-refractivity contribution in [2.45, 2.75) is 44.8 Å². The largest absolute Gasteiger partial charge is 0.381 e. The van der Waals surface area contributed by atoms with Gasteiger partial charge in [-0.15, -0.1) is 0 Å². The van der Waals surface area contributed by atoms with Gasteiger partial charge in [-0.1, -0.05) is 6.92 Å². The van der Waals surface area contributed by atoms with Crippen molar-refractivity contribution in [2.24, 2.45) is 5.92 Å². The summed E-state index contributed by atoms with van der Waals surface area (Å²) in [6.45, 7) is 5.32. The third-order valence-electron chi connectivity index (χ3n) is 5.14. The van der Waals surface area contributed by atoms with E-state index < -0.39 is 0 Å². The number of aromatic nitrogens is 2. The molecule has 124 valence electrons. The Morgan fingerprint density at radius 3 is 2.91 bits per heavy atom. The van der Waals surface area contributed by atoms with Crippen molar-refractivity contribution < 1.29 is 14.3 Å². The summed E-state index contributed by atoms with van der Waals surface area (Å²) in [6, 6.07) is 0. The number of hydrogen-bond acceptors (Lipinski definition) is 5. The maximum Gasteiger partial charge on any atom is 0.226 e. The van der Waals surface area contributed by atoms with E-state index in [2.05, 4.69) is 16.9 Å². The molecular formula is C17H23N3O3. The second-order valence-corrected chi connectivity index (χ2v) is 6.76. The number of likely N-dealkylation sites (tertiary alicyclic amines) is 1. The Labute approximate surface area is 136 Å². The van der Waals surface area contributed by atoms with Crippen LogP contribution < -0.4 is 0 Å². The lowest BCUT2D eigenvalue weighted by atomic mass is 9.85. The monoisotopic (exact) mass is 317 g/mol. The molecule has 1 spiro atoms. The molecule has 0 atom stereocenters. The fourth-order valence-corrected chi connectivity index (χ4v) is 3.77. The van der Waals surface area contributed by atoms with E-state index in [0.717, 1.165) is 42.8 Å². The molecule has 4 heterocycles. The van der Waals surface area contributed by atoms with Gasteiger partial charge >= 0.3 is 0 Å². The molecule has 23 heavy (non-hydrogen) atoms. The van der Waals surface area contributed by atoms with Crippen LogP contribution in [0.15, 0.2) is 6.20 Å². The van der Waals surface area contributed by atoms with Crippen molar-refractivity contribution in [1.29, 1.82) is 0 Å². The SMILES string of the molecule is CCCc1ncc2c(n1)COC21CN(C(=O)C2CCOCC2)C1. The molecule has 3 aliphatic rings. The van der Waals surface area contributed by atoms with Crippen LogP contribution in [-0.4, -0.2) is 47.1 Å². The molecule has 1 aromatic rings. The molecule has 3 aliphatic heterocycles. The average molecular weight is 317 g/mol. The lowest BCUT2D eigenvalue weighted by Gasteiger charge is -2.48. The summed E-state index contributed by atoms with van der Waals surface area (Å²) in [4.78, 5) is 23.6. The minimum absolute atomic E-state index is 0.116. The fraction of sp³-hybridized carbons (Fsp3) is 0.706. The Morgan fingerprint density at radius 1 is 1.39 bits per heavy atom. The Bertz CT molecular complexity index is 607. The molecule has 0 unspecified atom stereocenters. The molecule has 0 aromatic carbocycles. The molecule has 0 radical (unpaired) electrons. The second kappa shape index (κ2) is 5.83. The van der Waals surface area contributed by atoms with E-state index in [1.54, 1.807) is 0 Å². The first-order valence-electron chi connectivity index (χ1n) is 8.57. The minimum atomic E-state index is -0.360. The van der Waals surface area contributed by atoms with Crippen LogP contribution in [0.2, 0.25) is 0 Å². The molecule has 0 bridgehead atoms. The third kappa shape index (κ3) is 2.54. The number of amides is 1. The number of fused-ring (bicyclic) bond motifs is 2. The average Bonchev–Trinajstić information content (AvgIpc) is 2.93. The maximum absolute atomic E-state index is 12.6. The minimum Gasteiger partial charge on any atom is -0.381 e. The van der Waals surface area contributed by atoms with Gasteiger partial charge in [-0.2, -0.15) is 0 Å².